The molecule has 1 fully saturated rings. The van der Waals surface area contributed by atoms with Crippen LogP contribution in [0.15, 0.2) is 18.3 Å². The lowest BCUT2D eigenvalue weighted by atomic mass is 9.78. The first-order valence-corrected chi connectivity index (χ1v) is 7.12. The Hall–Kier alpha value is -1.29. The van der Waals surface area contributed by atoms with Gasteiger partial charge in [0.1, 0.15) is 0 Å². The van der Waals surface area contributed by atoms with E-state index in [1.165, 1.54) is 6.42 Å². The third-order valence-electron chi connectivity index (χ3n) is 4.19. The minimum absolute atomic E-state index is 0.538. The maximum Gasteiger partial charge on any atom is 0.168 e. The van der Waals surface area contributed by atoms with Gasteiger partial charge in [-0.3, -0.25) is 0 Å². The first-order valence-electron chi connectivity index (χ1n) is 7.12. The summed E-state index contributed by atoms with van der Waals surface area (Å²) in [6, 6.07) is 3.71. The van der Waals surface area contributed by atoms with Gasteiger partial charge in [0.25, 0.3) is 0 Å². The standard InChI is InChI=1S/C15H24N2O2/c1-3-12-6-8-15(18,9-7-12)11-17-14-13(19-2)5-4-10-16-14/h4-5,10,12,18H,3,6-9,11H2,1-2H3,(H,16,17). The Kier molecular flexibility index (Phi) is 4.64. The number of methoxy groups -OCH3 is 1. The van der Waals surface area contributed by atoms with Gasteiger partial charge in [-0.15, -0.1) is 0 Å². The van der Waals surface area contributed by atoms with Crippen molar-refractivity contribution in [2.45, 2.75) is 44.6 Å². The number of pyridine rings is 1. The fraction of sp³-hybridized carbons (Fsp3) is 0.667. The Morgan fingerprint density at radius 3 is 2.84 bits per heavy atom. The molecule has 0 atom stereocenters. The second-order valence-electron chi connectivity index (χ2n) is 5.48. The Morgan fingerprint density at radius 1 is 1.47 bits per heavy atom. The van der Waals surface area contributed by atoms with Crippen LogP contribution in [0.1, 0.15) is 39.0 Å². The second kappa shape index (κ2) is 6.24. The van der Waals surface area contributed by atoms with Crippen molar-refractivity contribution in [3.05, 3.63) is 18.3 Å². The molecule has 0 aliphatic heterocycles. The molecule has 0 unspecified atom stereocenters. The van der Waals surface area contributed by atoms with Gasteiger partial charge >= 0.3 is 0 Å². The van der Waals surface area contributed by atoms with Gasteiger partial charge in [-0.1, -0.05) is 13.3 Å². The first kappa shape index (κ1) is 14.1. The van der Waals surface area contributed by atoms with E-state index in [1.807, 2.05) is 12.1 Å². The van der Waals surface area contributed by atoms with Crippen molar-refractivity contribution in [3.8, 4) is 5.75 Å². The molecule has 1 aliphatic carbocycles. The van der Waals surface area contributed by atoms with E-state index in [0.717, 1.165) is 31.6 Å². The van der Waals surface area contributed by atoms with Gasteiger partial charge in [0, 0.05) is 12.7 Å². The summed E-state index contributed by atoms with van der Waals surface area (Å²) in [5.74, 6) is 2.20. The van der Waals surface area contributed by atoms with Crippen LogP contribution in [0.5, 0.6) is 5.75 Å². The highest BCUT2D eigenvalue weighted by Gasteiger charge is 2.32. The second-order valence-corrected chi connectivity index (χ2v) is 5.48. The summed E-state index contributed by atoms with van der Waals surface area (Å²) in [5, 5.41) is 13.8. The number of ether oxygens (including phenoxy) is 1. The Balaban J connectivity index is 1.91. The summed E-state index contributed by atoms with van der Waals surface area (Å²) in [6.45, 7) is 2.77. The average Bonchev–Trinajstić information content (AvgIpc) is 2.46. The minimum Gasteiger partial charge on any atom is -0.493 e. The van der Waals surface area contributed by atoms with Crippen LogP contribution in [-0.4, -0.2) is 29.3 Å². The van der Waals surface area contributed by atoms with Crippen molar-refractivity contribution in [2.24, 2.45) is 5.92 Å². The molecule has 2 rings (SSSR count). The Bertz CT molecular complexity index is 401. The van der Waals surface area contributed by atoms with Gasteiger partial charge < -0.3 is 15.2 Å². The van der Waals surface area contributed by atoms with Crippen molar-refractivity contribution in [1.82, 2.24) is 4.98 Å². The van der Waals surface area contributed by atoms with Crippen LogP contribution < -0.4 is 10.1 Å². The van der Waals surface area contributed by atoms with Crippen molar-refractivity contribution >= 4 is 5.82 Å². The van der Waals surface area contributed by atoms with E-state index in [-0.39, 0.29) is 0 Å². The molecule has 0 saturated heterocycles. The van der Waals surface area contributed by atoms with Crippen molar-refractivity contribution in [1.29, 1.82) is 0 Å². The number of aromatic nitrogens is 1. The van der Waals surface area contributed by atoms with Crippen molar-refractivity contribution in [2.75, 3.05) is 19.0 Å². The predicted molar refractivity (Wildman–Crippen MR) is 76.5 cm³/mol. The Morgan fingerprint density at radius 2 is 2.21 bits per heavy atom. The Labute approximate surface area is 115 Å². The summed E-state index contributed by atoms with van der Waals surface area (Å²) in [7, 11) is 1.63. The van der Waals surface area contributed by atoms with Gasteiger partial charge in [-0.25, -0.2) is 4.98 Å². The number of anilines is 1. The maximum atomic E-state index is 10.6. The van der Waals surface area contributed by atoms with Gasteiger partial charge in [-0.2, -0.15) is 0 Å². The summed E-state index contributed by atoms with van der Waals surface area (Å²) in [5.41, 5.74) is -0.603. The zero-order valence-corrected chi connectivity index (χ0v) is 11.9. The highest BCUT2D eigenvalue weighted by molar-refractivity contribution is 5.49. The van der Waals surface area contributed by atoms with Crippen LogP contribution in [-0.2, 0) is 0 Å². The van der Waals surface area contributed by atoms with Crippen LogP contribution in [0.3, 0.4) is 0 Å². The molecular formula is C15H24N2O2. The molecule has 106 valence electrons. The van der Waals surface area contributed by atoms with Crippen LogP contribution in [0.2, 0.25) is 0 Å². The number of nitrogens with one attached hydrogen (secondary N) is 1. The van der Waals surface area contributed by atoms with E-state index in [4.69, 9.17) is 4.74 Å². The smallest absolute Gasteiger partial charge is 0.168 e. The van der Waals surface area contributed by atoms with Crippen LogP contribution in [0, 0.1) is 5.92 Å². The molecule has 0 aromatic carbocycles. The fourth-order valence-electron chi connectivity index (χ4n) is 2.74. The number of aliphatic hydroxyl groups is 1. The van der Waals surface area contributed by atoms with Crippen molar-refractivity contribution < 1.29 is 9.84 Å². The largest absolute Gasteiger partial charge is 0.493 e. The molecule has 1 aromatic heterocycles. The molecule has 1 aliphatic rings. The van der Waals surface area contributed by atoms with E-state index < -0.39 is 5.60 Å². The normalized spacial score (nSPS) is 27.0. The van der Waals surface area contributed by atoms with Crippen LogP contribution in [0.25, 0.3) is 0 Å². The minimum atomic E-state index is -0.603. The van der Waals surface area contributed by atoms with Gasteiger partial charge in [0.15, 0.2) is 11.6 Å². The SMILES string of the molecule is CCC1CCC(O)(CNc2ncccc2OC)CC1. The summed E-state index contributed by atoms with van der Waals surface area (Å²) in [4.78, 5) is 4.25. The molecule has 1 saturated carbocycles. The van der Waals surface area contributed by atoms with Crippen LogP contribution in [0.4, 0.5) is 5.82 Å². The molecule has 0 bridgehead atoms. The molecule has 1 heterocycles. The van der Waals surface area contributed by atoms with E-state index in [0.29, 0.717) is 18.1 Å². The fourth-order valence-corrected chi connectivity index (χ4v) is 2.74. The average molecular weight is 264 g/mol. The lowest BCUT2D eigenvalue weighted by Gasteiger charge is -2.36. The molecule has 1 aromatic rings. The molecular weight excluding hydrogens is 240 g/mol. The van der Waals surface area contributed by atoms with E-state index in [1.54, 1.807) is 13.3 Å². The maximum absolute atomic E-state index is 10.6. The molecule has 4 heteroatoms. The highest BCUT2D eigenvalue weighted by Crippen LogP contribution is 2.34. The highest BCUT2D eigenvalue weighted by atomic mass is 16.5. The summed E-state index contributed by atoms with van der Waals surface area (Å²) >= 11 is 0. The lowest BCUT2D eigenvalue weighted by molar-refractivity contribution is 0.00220. The molecule has 0 amide bonds. The van der Waals surface area contributed by atoms with E-state index >= 15 is 0 Å². The topological polar surface area (TPSA) is 54.4 Å². The predicted octanol–water partition coefficient (Wildman–Crippen LogP) is 2.83. The molecule has 0 radical (unpaired) electrons. The van der Waals surface area contributed by atoms with Gasteiger partial charge in [-0.05, 0) is 43.7 Å². The number of rotatable bonds is 5. The van der Waals surface area contributed by atoms with Gasteiger partial charge in [0.2, 0.25) is 0 Å². The summed E-state index contributed by atoms with van der Waals surface area (Å²) in [6.07, 6.45) is 6.92. The van der Waals surface area contributed by atoms with Gasteiger partial charge in [0.05, 0.1) is 12.7 Å². The zero-order chi connectivity index (χ0) is 13.7. The van der Waals surface area contributed by atoms with Crippen molar-refractivity contribution in [3.63, 3.8) is 0 Å². The first-order chi connectivity index (χ1) is 9.17. The number of hydrogen-bond donors (Lipinski definition) is 2. The van der Waals surface area contributed by atoms with Crippen LogP contribution >= 0.6 is 0 Å². The van der Waals surface area contributed by atoms with E-state index in [9.17, 15) is 5.11 Å². The van der Waals surface area contributed by atoms with E-state index in [2.05, 4.69) is 17.2 Å². The summed E-state index contributed by atoms with van der Waals surface area (Å²) < 4.78 is 5.25. The number of nitrogens with zero attached hydrogens (tertiary/aromatic N) is 1. The quantitative estimate of drug-likeness (QED) is 0.858. The molecule has 2 N–H and O–H groups in total. The molecule has 19 heavy (non-hydrogen) atoms. The molecule has 0 spiro atoms. The number of hydrogen-bond acceptors (Lipinski definition) is 4. The monoisotopic (exact) mass is 264 g/mol. The third kappa shape index (κ3) is 3.60. The zero-order valence-electron chi connectivity index (χ0n) is 11.9. The molecule has 4 nitrogen and oxygen atoms in total. The third-order valence-corrected chi connectivity index (χ3v) is 4.19. The lowest BCUT2D eigenvalue weighted by Crippen LogP contribution is -2.40.